The third-order valence-corrected chi connectivity index (χ3v) is 5.41. The minimum absolute atomic E-state index is 0.000382. The zero-order valence-corrected chi connectivity index (χ0v) is 17.5. The van der Waals surface area contributed by atoms with E-state index in [4.69, 9.17) is 5.21 Å². The molecule has 0 bridgehead atoms. The number of halogens is 2. The summed E-state index contributed by atoms with van der Waals surface area (Å²) >= 11 is 0. The van der Waals surface area contributed by atoms with E-state index in [0.717, 1.165) is 29.7 Å². The molecule has 1 atom stereocenters. The number of amides is 2. The van der Waals surface area contributed by atoms with Crippen LogP contribution in [0.1, 0.15) is 45.2 Å². The molecular weight excluding hydrogens is 432 g/mol. The summed E-state index contributed by atoms with van der Waals surface area (Å²) in [4.78, 5) is 24.1. The highest BCUT2D eigenvalue weighted by Crippen LogP contribution is 2.24. The molecule has 2 aromatic carbocycles. The van der Waals surface area contributed by atoms with E-state index in [1.165, 1.54) is 16.3 Å². The van der Waals surface area contributed by atoms with E-state index in [2.05, 4.69) is 39.9 Å². The second-order valence-corrected chi connectivity index (χ2v) is 7.74. The van der Waals surface area contributed by atoms with E-state index in [-0.39, 0.29) is 18.5 Å². The average molecular weight is 453 g/mol. The quantitative estimate of drug-likeness (QED) is 0.359. The molecule has 2 amide bonds. The van der Waals surface area contributed by atoms with Gasteiger partial charge < -0.3 is 5.32 Å². The van der Waals surface area contributed by atoms with Crippen LogP contribution >= 0.6 is 0 Å². The lowest BCUT2D eigenvalue weighted by atomic mass is 9.99. The van der Waals surface area contributed by atoms with Crippen molar-refractivity contribution in [2.24, 2.45) is 0 Å². The molecule has 1 aliphatic rings. The third kappa shape index (κ3) is 5.29. The maximum Gasteiger partial charge on any atom is 0.251 e. The molecule has 33 heavy (non-hydrogen) atoms. The second kappa shape index (κ2) is 9.70. The number of hydroxylamine groups is 1. The van der Waals surface area contributed by atoms with Crippen molar-refractivity contribution < 1.29 is 23.6 Å². The predicted octanol–water partition coefficient (Wildman–Crippen LogP) is 2.73. The Morgan fingerprint density at radius 1 is 1.15 bits per heavy atom. The fourth-order valence-corrected chi connectivity index (χ4v) is 3.70. The number of nitrogens with one attached hydrogen (secondary N) is 2. The van der Waals surface area contributed by atoms with Crippen LogP contribution in [0.15, 0.2) is 48.7 Å². The molecule has 1 heterocycles. The number of hydrogen-bond donors (Lipinski definition) is 3. The number of fused-ring (bicyclic) bond motifs is 1. The smallest absolute Gasteiger partial charge is 0.251 e. The maximum absolute atomic E-state index is 13.3. The molecule has 0 radical (unpaired) electrons. The fourth-order valence-electron chi connectivity index (χ4n) is 3.70. The average Bonchev–Trinajstić information content (AvgIpc) is 3.48. The van der Waals surface area contributed by atoms with Gasteiger partial charge in [-0.05, 0) is 47.7 Å². The minimum Gasteiger partial charge on any atom is -0.346 e. The summed E-state index contributed by atoms with van der Waals surface area (Å²) in [6.45, 7) is 0.000382. The highest BCUT2D eigenvalue weighted by molar-refractivity contribution is 5.94. The molecule has 1 aliphatic carbocycles. The van der Waals surface area contributed by atoms with Crippen molar-refractivity contribution in [3.05, 3.63) is 88.3 Å². The molecule has 170 valence electrons. The van der Waals surface area contributed by atoms with Crippen LogP contribution in [0, 0.1) is 11.6 Å². The Labute approximate surface area is 187 Å². The van der Waals surface area contributed by atoms with Crippen LogP contribution in [0.5, 0.6) is 0 Å². The highest BCUT2D eigenvalue weighted by Gasteiger charge is 2.20. The van der Waals surface area contributed by atoms with Crippen molar-refractivity contribution in [2.75, 3.05) is 0 Å². The summed E-state index contributed by atoms with van der Waals surface area (Å²) in [6.07, 6.45) is 7.07. The highest BCUT2D eigenvalue weighted by atomic mass is 19.2. The number of benzene rings is 2. The summed E-state index contributed by atoms with van der Waals surface area (Å²) < 4.78 is 27.9. The van der Waals surface area contributed by atoms with E-state index in [0.29, 0.717) is 12.1 Å². The van der Waals surface area contributed by atoms with Gasteiger partial charge in [0.25, 0.3) is 5.91 Å². The van der Waals surface area contributed by atoms with Gasteiger partial charge >= 0.3 is 0 Å². The lowest BCUT2D eigenvalue weighted by molar-refractivity contribution is -0.130. The molecule has 0 spiro atoms. The first-order valence-electron chi connectivity index (χ1n) is 10.3. The first-order chi connectivity index (χ1) is 15.9. The van der Waals surface area contributed by atoms with Gasteiger partial charge in [-0.15, -0.1) is 5.10 Å². The molecule has 3 N–H and O–H groups in total. The third-order valence-electron chi connectivity index (χ3n) is 5.41. The van der Waals surface area contributed by atoms with E-state index in [1.54, 1.807) is 11.7 Å². The SMILES string of the molecule is O=C(C[C@@H](Cc1ccc2c(c1)C=CC2)n1cc(CNC(=O)c2ccc(F)c(F)c2)nn1)NO. The zero-order chi connectivity index (χ0) is 23.4. The standard InChI is InChI=1S/C23H21F2N5O3/c24-20-7-6-17(10-21(20)25)23(32)26-12-18-13-30(29-27-18)19(11-22(31)28-33)9-14-4-5-15-2-1-3-16(15)8-14/h1,3-8,10,13,19,33H,2,9,11-12H2,(H,26,32)(H,28,31)/t19-/m1/s1. The van der Waals surface area contributed by atoms with E-state index in [1.807, 2.05) is 6.07 Å². The fraction of sp³-hybridized carbons (Fsp3) is 0.217. The van der Waals surface area contributed by atoms with Gasteiger partial charge in [0, 0.05) is 5.56 Å². The van der Waals surface area contributed by atoms with Crippen molar-refractivity contribution in [1.29, 1.82) is 0 Å². The summed E-state index contributed by atoms with van der Waals surface area (Å²) in [5.41, 5.74) is 5.41. The first kappa shape index (κ1) is 22.3. The van der Waals surface area contributed by atoms with Crippen LogP contribution in [0.25, 0.3) is 6.08 Å². The Hall–Kier alpha value is -3.92. The Bertz CT molecular complexity index is 1220. The van der Waals surface area contributed by atoms with E-state index >= 15 is 0 Å². The molecular formula is C23H21F2N5O3. The number of aromatic nitrogens is 3. The summed E-state index contributed by atoms with van der Waals surface area (Å²) in [7, 11) is 0. The number of carbonyl (C=O) groups excluding carboxylic acids is 2. The van der Waals surface area contributed by atoms with Crippen molar-refractivity contribution in [2.45, 2.75) is 31.8 Å². The minimum atomic E-state index is -1.11. The molecule has 10 heteroatoms. The Balaban J connectivity index is 1.45. The molecule has 0 saturated carbocycles. The zero-order valence-electron chi connectivity index (χ0n) is 17.5. The van der Waals surface area contributed by atoms with Gasteiger partial charge in [0.2, 0.25) is 5.91 Å². The number of nitrogens with zero attached hydrogens (tertiary/aromatic N) is 3. The van der Waals surface area contributed by atoms with Gasteiger partial charge in [0.1, 0.15) is 5.69 Å². The number of rotatable bonds is 8. The van der Waals surface area contributed by atoms with Gasteiger partial charge in [0.15, 0.2) is 11.6 Å². The molecule has 0 aliphatic heterocycles. The maximum atomic E-state index is 13.3. The second-order valence-electron chi connectivity index (χ2n) is 7.74. The Morgan fingerprint density at radius 2 is 2.00 bits per heavy atom. The molecule has 3 aromatic rings. The molecule has 0 unspecified atom stereocenters. The lowest BCUT2D eigenvalue weighted by Crippen LogP contribution is -2.25. The summed E-state index contributed by atoms with van der Waals surface area (Å²) in [5.74, 6) is -3.30. The van der Waals surface area contributed by atoms with Crippen LogP contribution in [0.4, 0.5) is 8.78 Å². The van der Waals surface area contributed by atoms with Gasteiger partial charge in [-0.25, -0.2) is 18.9 Å². The Morgan fingerprint density at radius 3 is 2.79 bits per heavy atom. The van der Waals surface area contributed by atoms with Gasteiger partial charge in [-0.1, -0.05) is 35.6 Å². The topological polar surface area (TPSA) is 109 Å². The van der Waals surface area contributed by atoms with Crippen LogP contribution in [-0.4, -0.2) is 32.0 Å². The van der Waals surface area contributed by atoms with Crippen LogP contribution in [-0.2, 0) is 24.2 Å². The van der Waals surface area contributed by atoms with Crippen molar-refractivity contribution in [1.82, 2.24) is 25.8 Å². The molecule has 0 fully saturated rings. The monoisotopic (exact) mass is 453 g/mol. The first-order valence-corrected chi connectivity index (χ1v) is 10.3. The van der Waals surface area contributed by atoms with Gasteiger partial charge in [-0.3, -0.25) is 14.8 Å². The van der Waals surface area contributed by atoms with Crippen molar-refractivity contribution >= 4 is 17.9 Å². The van der Waals surface area contributed by atoms with E-state index in [9.17, 15) is 18.4 Å². The van der Waals surface area contributed by atoms with E-state index < -0.39 is 29.5 Å². The van der Waals surface area contributed by atoms with Crippen LogP contribution < -0.4 is 10.8 Å². The summed E-state index contributed by atoms with van der Waals surface area (Å²) in [5, 5.41) is 19.6. The van der Waals surface area contributed by atoms with Crippen LogP contribution in [0.3, 0.4) is 0 Å². The molecule has 1 aromatic heterocycles. The molecule has 4 rings (SSSR count). The number of allylic oxidation sites excluding steroid dienone is 1. The molecule has 0 saturated heterocycles. The molecule has 8 nitrogen and oxygen atoms in total. The Kier molecular flexibility index (Phi) is 6.55. The van der Waals surface area contributed by atoms with Crippen molar-refractivity contribution in [3.8, 4) is 0 Å². The normalized spacial score (nSPS) is 12.9. The largest absolute Gasteiger partial charge is 0.346 e. The lowest BCUT2D eigenvalue weighted by Gasteiger charge is -2.16. The van der Waals surface area contributed by atoms with Crippen LogP contribution in [0.2, 0.25) is 0 Å². The van der Waals surface area contributed by atoms with Crippen molar-refractivity contribution in [3.63, 3.8) is 0 Å². The number of carbonyl (C=O) groups is 2. The van der Waals surface area contributed by atoms with Gasteiger partial charge in [0.05, 0.1) is 25.2 Å². The summed E-state index contributed by atoms with van der Waals surface area (Å²) in [6, 6.07) is 8.55. The number of hydrogen-bond acceptors (Lipinski definition) is 5. The predicted molar refractivity (Wildman–Crippen MR) is 114 cm³/mol. The van der Waals surface area contributed by atoms with Gasteiger partial charge in [-0.2, -0.15) is 0 Å².